The van der Waals surface area contributed by atoms with Crippen molar-refractivity contribution >= 4 is 12.0 Å². The highest BCUT2D eigenvalue weighted by Gasteiger charge is 2.18. The first-order valence-corrected chi connectivity index (χ1v) is 5.97. The number of hydrogen-bond donors (Lipinski definition) is 4. The topological polar surface area (TPSA) is 98.7 Å². The van der Waals surface area contributed by atoms with E-state index >= 15 is 0 Å². The van der Waals surface area contributed by atoms with E-state index in [4.69, 9.17) is 10.2 Å². The quantitative estimate of drug-likeness (QED) is 0.594. The number of carboxylic acid groups (broad SMARTS) is 1. The fourth-order valence-corrected chi connectivity index (χ4v) is 1.60. The van der Waals surface area contributed by atoms with E-state index in [1.807, 2.05) is 31.2 Å². The standard InChI is InChI=1S/C13H18N2O4/c1-9-4-2-3-5-10(9)6-7-14-13(19)15-11(8-16)12(17)18/h2-5,11,16H,6-8H2,1H3,(H,17,18)(H2,14,15,19). The molecule has 1 unspecified atom stereocenters. The average Bonchev–Trinajstić information content (AvgIpc) is 2.38. The van der Waals surface area contributed by atoms with Gasteiger partial charge >= 0.3 is 12.0 Å². The Balaban J connectivity index is 2.35. The van der Waals surface area contributed by atoms with Crippen LogP contribution in [0.4, 0.5) is 4.79 Å². The van der Waals surface area contributed by atoms with E-state index < -0.39 is 24.6 Å². The molecule has 1 aromatic carbocycles. The van der Waals surface area contributed by atoms with Gasteiger partial charge in [-0.2, -0.15) is 0 Å². The van der Waals surface area contributed by atoms with E-state index in [2.05, 4.69) is 10.6 Å². The molecule has 0 bridgehead atoms. The number of amides is 2. The zero-order chi connectivity index (χ0) is 14.3. The molecule has 6 nitrogen and oxygen atoms in total. The minimum absolute atomic E-state index is 0.397. The maximum absolute atomic E-state index is 11.4. The van der Waals surface area contributed by atoms with Gasteiger partial charge in [0.25, 0.3) is 0 Å². The van der Waals surface area contributed by atoms with E-state index in [-0.39, 0.29) is 0 Å². The number of aryl methyl sites for hydroxylation is 1. The smallest absolute Gasteiger partial charge is 0.328 e. The first kappa shape index (κ1) is 15.0. The van der Waals surface area contributed by atoms with Gasteiger partial charge in [0.15, 0.2) is 6.04 Å². The van der Waals surface area contributed by atoms with Crippen molar-refractivity contribution in [1.82, 2.24) is 10.6 Å². The molecule has 1 aromatic rings. The summed E-state index contributed by atoms with van der Waals surface area (Å²) in [5, 5.41) is 22.1. The molecule has 0 saturated carbocycles. The van der Waals surface area contributed by atoms with Crippen LogP contribution in [0.15, 0.2) is 24.3 Å². The molecule has 4 N–H and O–H groups in total. The Labute approximate surface area is 111 Å². The number of benzene rings is 1. The van der Waals surface area contributed by atoms with Gasteiger partial charge in [-0.05, 0) is 24.5 Å². The van der Waals surface area contributed by atoms with Crippen molar-refractivity contribution in [2.24, 2.45) is 0 Å². The van der Waals surface area contributed by atoms with Crippen molar-refractivity contribution in [2.75, 3.05) is 13.2 Å². The van der Waals surface area contributed by atoms with Crippen molar-refractivity contribution < 1.29 is 19.8 Å². The SMILES string of the molecule is Cc1ccccc1CCNC(=O)NC(CO)C(=O)O. The maximum Gasteiger partial charge on any atom is 0.328 e. The molecule has 6 heteroatoms. The number of rotatable bonds is 6. The Morgan fingerprint density at radius 3 is 2.58 bits per heavy atom. The average molecular weight is 266 g/mol. The largest absolute Gasteiger partial charge is 0.480 e. The minimum atomic E-state index is -1.28. The summed E-state index contributed by atoms with van der Waals surface area (Å²) in [4.78, 5) is 22.0. The highest BCUT2D eigenvalue weighted by atomic mass is 16.4. The third kappa shape index (κ3) is 4.97. The fraction of sp³-hybridized carbons (Fsp3) is 0.385. The van der Waals surface area contributed by atoms with Crippen LogP contribution in [0.3, 0.4) is 0 Å². The van der Waals surface area contributed by atoms with Crippen LogP contribution in [0.2, 0.25) is 0 Å². The lowest BCUT2D eigenvalue weighted by Crippen LogP contribution is -2.48. The number of urea groups is 1. The lowest BCUT2D eigenvalue weighted by molar-refractivity contribution is -0.140. The third-order valence-electron chi connectivity index (χ3n) is 2.73. The molecule has 0 aliphatic carbocycles. The van der Waals surface area contributed by atoms with E-state index in [0.29, 0.717) is 13.0 Å². The molecule has 0 spiro atoms. The molecule has 1 atom stereocenters. The highest BCUT2D eigenvalue weighted by molar-refractivity contribution is 5.82. The molecule has 0 saturated heterocycles. The normalized spacial score (nSPS) is 11.7. The van der Waals surface area contributed by atoms with E-state index in [9.17, 15) is 9.59 Å². The number of nitrogens with one attached hydrogen (secondary N) is 2. The predicted molar refractivity (Wildman–Crippen MR) is 69.9 cm³/mol. The number of aliphatic hydroxyl groups is 1. The number of aliphatic carboxylic acids is 1. The summed E-state index contributed by atoms with van der Waals surface area (Å²) in [5.41, 5.74) is 2.27. The van der Waals surface area contributed by atoms with E-state index in [0.717, 1.165) is 11.1 Å². The fourth-order valence-electron chi connectivity index (χ4n) is 1.60. The number of hydrogen-bond acceptors (Lipinski definition) is 3. The molecule has 0 aliphatic heterocycles. The number of aliphatic hydroxyl groups excluding tert-OH is 1. The van der Waals surface area contributed by atoms with Crippen LogP contribution in [-0.4, -0.2) is 41.4 Å². The van der Waals surface area contributed by atoms with Gasteiger partial charge in [-0.15, -0.1) is 0 Å². The van der Waals surface area contributed by atoms with Crippen molar-refractivity contribution in [3.05, 3.63) is 35.4 Å². The van der Waals surface area contributed by atoms with Crippen LogP contribution in [0, 0.1) is 6.92 Å². The van der Waals surface area contributed by atoms with Gasteiger partial charge in [0.1, 0.15) is 0 Å². The first-order valence-electron chi connectivity index (χ1n) is 5.97. The Kier molecular flexibility index (Phi) is 5.81. The molecule has 0 heterocycles. The summed E-state index contributed by atoms with van der Waals surface area (Å²) in [6, 6.07) is 5.95. The molecule has 0 aromatic heterocycles. The molecule has 2 amide bonds. The maximum atomic E-state index is 11.4. The molecule has 1 rings (SSSR count). The number of carboxylic acids is 1. The van der Waals surface area contributed by atoms with Gasteiger partial charge in [0, 0.05) is 6.54 Å². The van der Waals surface area contributed by atoms with Gasteiger partial charge in [-0.25, -0.2) is 9.59 Å². The van der Waals surface area contributed by atoms with Gasteiger partial charge < -0.3 is 20.8 Å². The summed E-state index contributed by atoms with van der Waals surface area (Å²) in [7, 11) is 0. The van der Waals surface area contributed by atoms with Crippen molar-refractivity contribution in [2.45, 2.75) is 19.4 Å². The van der Waals surface area contributed by atoms with Crippen molar-refractivity contribution in [3.8, 4) is 0 Å². The molecule has 0 aliphatic rings. The Hall–Kier alpha value is -2.08. The Morgan fingerprint density at radius 2 is 2.00 bits per heavy atom. The summed E-state index contributed by atoms with van der Waals surface area (Å²) < 4.78 is 0. The molecule has 0 radical (unpaired) electrons. The zero-order valence-corrected chi connectivity index (χ0v) is 10.7. The molecule has 19 heavy (non-hydrogen) atoms. The summed E-state index contributed by atoms with van der Waals surface area (Å²) in [6.45, 7) is 1.75. The van der Waals surface area contributed by atoms with Crippen LogP contribution in [0.25, 0.3) is 0 Å². The Morgan fingerprint density at radius 1 is 1.32 bits per heavy atom. The van der Waals surface area contributed by atoms with Crippen LogP contribution in [0.5, 0.6) is 0 Å². The minimum Gasteiger partial charge on any atom is -0.480 e. The summed E-state index contributed by atoms with van der Waals surface area (Å²) >= 11 is 0. The van der Waals surface area contributed by atoms with Gasteiger partial charge in [0.05, 0.1) is 6.61 Å². The zero-order valence-electron chi connectivity index (χ0n) is 10.7. The highest BCUT2D eigenvalue weighted by Crippen LogP contribution is 2.06. The van der Waals surface area contributed by atoms with E-state index in [1.54, 1.807) is 0 Å². The van der Waals surface area contributed by atoms with Gasteiger partial charge in [0.2, 0.25) is 0 Å². The molecular weight excluding hydrogens is 248 g/mol. The third-order valence-corrected chi connectivity index (χ3v) is 2.73. The summed E-state index contributed by atoms with van der Waals surface area (Å²) in [6.07, 6.45) is 0.664. The Bertz CT molecular complexity index is 448. The lowest BCUT2D eigenvalue weighted by atomic mass is 10.1. The van der Waals surface area contributed by atoms with E-state index in [1.165, 1.54) is 0 Å². The van der Waals surface area contributed by atoms with Crippen molar-refractivity contribution in [1.29, 1.82) is 0 Å². The number of carbonyl (C=O) groups excluding carboxylic acids is 1. The second-order valence-electron chi connectivity index (χ2n) is 4.15. The van der Waals surface area contributed by atoms with Crippen LogP contribution >= 0.6 is 0 Å². The first-order chi connectivity index (χ1) is 9.04. The van der Waals surface area contributed by atoms with Gasteiger partial charge in [-0.1, -0.05) is 24.3 Å². The second kappa shape index (κ2) is 7.38. The molecule has 104 valence electrons. The van der Waals surface area contributed by atoms with Crippen molar-refractivity contribution in [3.63, 3.8) is 0 Å². The van der Waals surface area contributed by atoms with Gasteiger partial charge in [-0.3, -0.25) is 0 Å². The van der Waals surface area contributed by atoms with Crippen LogP contribution < -0.4 is 10.6 Å². The predicted octanol–water partition coefficient (Wildman–Crippen LogP) is 0.282. The number of carbonyl (C=O) groups is 2. The second-order valence-corrected chi connectivity index (χ2v) is 4.15. The van der Waals surface area contributed by atoms with Crippen LogP contribution in [0.1, 0.15) is 11.1 Å². The summed E-state index contributed by atoms with van der Waals surface area (Å²) in [5.74, 6) is -1.27. The molecule has 0 fully saturated rings. The molecular formula is C13H18N2O4. The monoisotopic (exact) mass is 266 g/mol. The van der Waals surface area contributed by atoms with Crippen LogP contribution in [-0.2, 0) is 11.2 Å². The lowest BCUT2D eigenvalue weighted by Gasteiger charge is -2.13.